The molecule has 1 heterocycles. The van der Waals surface area contributed by atoms with Crippen molar-refractivity contribution in [3.8, 4) is 11.5 Å². The standard InChI is InChI=1S/C18H20N2O2.ClH/c1-20-10-9-13-11-16(21-2)17(22-3)12-15(13)18(20)19-14-7-5-4-6-8-14;/h4-8,11-12H,9-10H2,1-3H3;1H. The van der Waals surface area contributed by atoms with Crippen LogP contribution in [0, 0.1) is 0 Å². The Morgan fingerprint density at radius 3 is 2.30 bits per heavy atom. The number of hydrogen-bond acceptors (Lipinski definition) is 3. The molecule has 2 aromatic carbocycles. The monoisotopic (exact) mass is 332 g/mol. The summed E-state index contributed by atoms with van der Waals surface area (Å²) in [6.07, 6.45) is 0.992. The first-order valence-corrected chi connectivity index (χ1v) is 7.38. The minimum atomic E-state index is 0. The smallest absolute Gasteiger partial charge is 0.282 e. The number of para-hydroxylation sites is 1. The molecule has 122 valence electrons. The number of halogens is 1. The SMILES string of the molecule is COc1cc2c(cc1OC)C(Nc1ccccc1)=[N+](C)CC2.[Cl-]. The van der Waals surface area contributed by atoms with Crippen LogP contribution in [-0.4, -0.2) is 38.2 Å². The summed E-state index contributed by atoms with van der Waals surface area (Å²) in [5, 5.41) is 3.52. The normalized spacial score (nSPS) is 13.0. The van der Waals surface area contributed by atoms with Gasteiger partial charge in [0.25, 0.3) is 5.84 Å². The van der Waals surface area contributed by atoms with Crippen LogP contribution < -0.4 is 27.2 Å². The molecule has 0 radical (unpaired) electrons. The maximum absolute atomic E-state index is 5.45. The molecule has 5 heteroatoms. The number of ether oxygens (including phenoxy) is 2. The summed E-state index contributed by atoms with van der Waals surface area (Å²) in [6.45, 7) is 0.970. The second-order valence-corrected chi connectivity index (χ2v) is 5.38. The molecule has 2 aromatic rings. The van der Waals surface area contributed by atoms with Crippen molar-refractivity contribution in [2.45, 2.75) is 6.42 Å². The first kappa shape index (κ1) is 17.2. The highest BCUT2D eigenvalue weighted by Crippen LogP contribution is 2.32. The number of nitrogens with zero attached hydrogens (tertiary/aromatic N) is 1. The molecule has 3 rings (SSSR count). The van der Waals surface area contributed by atoms with E-state index in [9.17, 15) is 0 Å². The number of hydrogen-bond donors (Lipinski definition) is 1. The fourth-order valence-corrected chi connectivity index (χ4v) is 2.77. The fraction of sp³-hybridized carbons (Fsp3) is 0.278. The summed E-state index contributed by atoms with van der Waals surface area (Å²) >= 11 is 0. The molecule has 0 fully saturated rings. The van der Waals surface area contributed by atoms with Crippen LogP contribution in [0.25, 0.3) is 0 Å². The van der Waals surface area contributed by atoms with Gasteiger partial charge in [0.05, 0.1) is 33.4 Å². The molecule has 0 amide bonds. The summed E-state index contributed by atoms with van der Waals surface area (Å²) in [6, 6.07) is 14.3. The van der Waals surface area contributed by atoms with Gasteiger partial charge in [0.2, 0.25) is 0 Å². The van der Waals surface area contributed by atoms with Gasteiger partial charge in [0, 0.05) is 6.42 Å². The molecule has 1 aliphatic rings. The molecule has 1 N–H and O–H groups in total. The maximum Gasteiger partial charge on any atom is 0.282 e. The van der Waals surface area contributed by atoms with Gasteiger partial charge in [0.1, 0.15) is 5.69 Å². The van der Waals surface area contributed by atoms with E-state index in [1.54, 1.807) is 14.2 Å². The molecule has 23 heavy (non-hydrogen) atoms. The van der Waals surface area contributed by atoms with Gasteiger partial charge < -0.3 is 21.9 Å². The maximum atomic E-state index is 5.45. The number of anilines is 1. The number of benzene rings is 2. The molecule has 0 unspecified atom stereocenters. The number of nitrogens with one attached hydrogen (secondary N) is 1. The van der Waals surface area contributed by atoms with Gasteiger partial charge in [-0.05, 0) is 29.8 Å². The average molecular weight is 333 g/mol. The molecule has 0 aromatic heterocycles. The van der Waals surface area contributed by atoms with Crippen LogP contribution in [0.5, 0.6) is 11.5 Å². The Bertz CT molecular complexity index is 714. The Hall–Kier alpha value is -2.20. The Kier molecular flexibility index (Phi) is 5.50. The fourth-order valence-electron chi connectivity index (χ4n) is 2.77. The Labute approximate surface area is 143 Å². The molecular weight excluding hydrogens is 312 g/mol. The van der Waals surface area contributed by atoms with Crippen LogP contribution in [0.4, 0.5) is 5.69 Å². The third-order valence-electron chi connectivity index (χ3n) is 4.00. The summed E-state index contributed by atoms with van der Waals surface area (Å²) in [5.74, 6) is 2.63. The van der Waals surface area contributed by atoms with Crippen molar-refractivity contribution in [1.29, 1.82) is 0 Å². The van der Waals surface area contributed by atoms with Crippen molar-refractivity contribution < 1.29 is 26.5 Å². The Morgan fingerprint density at radius 2 is 1.65 bits per heavy atom. The van der Waals surface area contributed by atoms with Gasteiger partial charge in [-0.25, -0.2) is 5.32 Å². The van der Waals surface area contributed by atoms with Crippen molar-refractivity contribution >= 4 is 11.5 Å². The third-order valence-corrected chi connectivity index (χ3v) is 4.00. The van der Waals surface area contributed by atoms with E-state index in [1.165, 1.54) is 5.56 Å². The summed E-state index contributed by atoms with van der Waals surface area (Å²) in [7, 11) is 5.44. The lowest BCUT2D eigenvalue weighted by molar-refractivity contribution is -0.497. The molecule has 0 spiro atoms. The van der Waals surface area contributed by atoms with E-state index in [0.29, 0.717) is 0 Å². The molecule has 0 aliphatic carbocycles. The average Bonchev–Trinajstić information content (AvgIpc) is 2.57. The van der Waals surface area contributed by atoms with Crippen molar-refractivity contribution in [3.63, 3.8) is 0 Å². The molecule has 0 atom stereocenters. The van der Waals surface area contributed by atoms with E-state index >= 15 is 0 Å². The lowest BCUT2D eigenvalue weighted by Gasteiger charge is -2.20. The van der Waals surface area contributed by atoms with Gasteiger partial charge in [-0.2, -0.15) is 0 Å². The Balaban J connectivity index is 0.00000192. The van der Waals surface area contributed by atoms with Gasteiger partial charge in [-0.1, -0.05) is 18.2 Å². The van der Waals surface area contributed by atoms with E-state index in [0.717, 1.165) is 41.6 Å². The largest absolute Gasteiger partial charge is 1.00 e. The van der Waals surface area contributed by atoms with Gasteiger partial charge in [-0.15, -0.1) is 0 Å². The zero-order chi connectivity index (χ0) is 15.5. The molecule has 0 saturated carbocycles. The lowest BCUT2D eigenvalue weighted by Crippen LogP contribution is -3.00. The van der Waals surface area contributed by atoms with Crippen LogP contribution in [-0.2, 0) is 6.42 Å². The van der Waals surface area contributed by atoms with Crippen LogP contribution in [0.15, 0.2) is 42.5 Å². The highest BCUT2D eigenvalue weighted by Gasteiger charge is 2.25. The molecule has 0 bridgehead atoms. The minimum absolute atomic E-state index is 0. The number of likely N-dealkylation sites (N-methyl/N-ethyl adjacent to an activating group) is 1. The van der Waals surface area contributed by atoms with Gasteiger partial charge >= 0.3 is 0 Å². The Morgan fingerprint density at radius 1 is 1.00 bits per heavy atom. The van der Waals surface area contributed by atoms with Crippen molar-refractivity contribution in [3.05, 3.63) is 53.6 Å². The van der Waals surface area contributed by atoms with Crippen LogP contribution in [0.1, 0.15) is 11.1 Å². The number of rotatable bonds is 3. The number of methoxy groups -OCH3 is 2. The molecule has 1 aliphatic heterocycles. The third kappa shape index (κ3) is 3.42. The topological polar surface area (TPSA) is 33.5 Å². The van der Waals surface area contributed by atoms with E-state index in [2.05, 4.69) is 41.2 Å². The highest BCUT2D eigenvalue weighted by molar-refractivity contribution is 6.06. The van der Waals surface area contributed by atoms with E-state index < -0.39 is 0 Å². The summed E-state index contributed by atoms with van der Waals surface area (Å²) < 4.78 is 13.1. The van der Waals surface area contributed by atoms with Crippen LogP contribution in [0.2, 0.25) is 0 Å². The lowest BCUT2D eigenvalue weighted by atomic mass is 9.99. The van der Waals surface area contributed by atoms with Gasteiger partial charge in [0.15, 0.2) is 11.5 Å². The van der Waals surface area contributed by atoms with Crippen molar-refractivity contribution in [1.82, 2.24) is 0 Å². The first-order valence-electron chi connectivity index (χ1n) is 7.38. The predicted molar refractivity (Wildman–Crippen MR) is 88.5 cm³/mol. The molecular formula is C18H21ClN2O2. The quantitative estimate of drug-likeness (QED) is 0.788. The number of amidine groups is 1. The van der Waals surface area contributed by atoms with E-state index in [4.69, 9.17) is 9.47 Å². The minimum Gasteiger partial charge on any atom is -1.00 e. The van der Waals surface area contributed by atoms with E-state index in [-0.39, 0.29) is 12.4 Å². The zero-order valence-electron chi connectivity index (χ0n) is 13.6. The molecule has 4 nitrogen and oxygen atoms in total. The zero-order valence-corrected chi connectivity index (χ0v) is 14.4. The number of fused-ring (bicyclic) bond motifs is 1. The van der Waals surface area contributed by atoms with E-state index in [1.807, 2.05) is 18.2 Å². The molecule has 0 saturated heterocycles. The van der Waals surface area contributed by atoms with Gasteiger partial charge in [-0.3, -0.25) is 4.58 Å². The summed E-state index contributed by atoms with van der Waals surface area (Å²) in [4.78, 5) is 0. The second-order valence-electron chi connectivity index (χ2n) is 5.38. The van der Waals surface area contributed by atoms with Crippen molar-refractivity contribution in [2.75, 3.05) is 33.1 Å². The summed E-state index contributed by atoms with van der Waals surface area (Å²) in [5.41, 5.74) is 3.51. The van der Waals surface area contributed by atoms with Crippen molar-refractivity contribution in [2.24, 2.45) is 0 Å². The highest BCUT2D eigenvalue weighted by atomic mass is 35.5. The van der Waals surface area contributed by atoms with Crippen LogP contribution in [0.3, 0.4) is 0 Å². The first-order chi connectivity index (χ1) is 10.7. The predicted octanol–water partition coefficient (Wildman–Crippen LogP) is -0.235. The van der Waals surface area contributed by atoms with Crippen LogP contribution >= 0.6 is 0 Å². The second kappa shape index (κ2) is 7.38.